The molecule has 0 fully saturated rings. The quantitative estimate of drug-likeness (QED) is 0.583. The van der Waals surface area contributed by atoms with Crippen molar-refractivity contribution >= 4 is 34.3 Å². The van der Waals surface area contributed by atoms with Crippen LogP contribution in [0, 0.1) is 0 Å². The van der Waals surface area contributed by atoms with Crippen LogP contribution in [-0.4, -0.2) is 45.3 Å². The van der Waals surface area contributed by atoms with Crippen LogP contribution in [0.25, 0.3) is 0 Å². The number of alkyl halides is 1. The van der Waals surface area contributed by atoms with Crippen LogP contribution in [0.5, 0.6) is 0 Å². The Morgan fingerprint density at radius 2 is 2.00 bits per heavy atom. The zero-order valence-electron chi connectivity index (χ0n) is 7.79. The number of amides is 1. The number of carbonyl (C=O) groups is 2. The van der Waals surface area contributed by atoms with Crippen LogP contribution < -0.4 is 0 Å². The monoisotopic (exact) mass is 299 g/mol. The van der Waals surface area contributed by atoms with Gasteiger partial charge in [0.05, 0.1) is 12.6 Å². The number of aliphatic hydroxyl groups excluding tert-OH is 1. The van der Waals surface area contributed by atoms with E-state index in [1.54, 1.807) is 0 Å². The molecule has 0 heterocycles. The van der Waals surface area contributed by atoms with E-state index < -0.39 is 6.10 Å². The normalized spacial score (nSPS) is 12.3. The van der Waals surface area contributed by atoms with Gasteiger partial charge in [-0.05, 0) is 6.92 Å². The van der Waals surface area contributed by atoms with E-state index in [4.69, 9.17) is 0 Å². The molecule has 0 aliphatic heterocycles. The molecule has 1 N–H and O–H groups in total. The van der Waals surface area contributed by atoms with Gasteiger partial charge in [-0.15, -0.1) is 0 Å². The third kappa shape index (κ3) is 5.98. The van der Waals surface area contributed by atoms with Crippen molar-refractivity contribution in [2.45, 2.75) is 20.0 Å². The van der Waals surface area contributed by atoms with Gasteiger partial charge in [-0.3, -0.25) is 9.59 Å². The molecule has 0 aromatic heterocycles. The van der Waals surface area contributed by atoms with Crippen molar-refractivity contribution in [2.24, 2.45) is 0 Å². The fourth-order valence-electron chi connectivity index (χ4n) is 0.876. The summed E-state index contributed by atoms with van der Waals surface area (Å²) in [6.45, 7) is 3.14. The van der Waals surface area contributed by atoms with Crippen LogP contribution >= 0.6 is 22.6 Å². The van der Waals surface area contributed by atoms with Crippen molar-refractivity contribution in [1.29, 1.82) is 0 Å². The van der Waals surface area contributed by atoms with Crippen LogP contribution in [0.2, 0.25) is 0 Å². The van der Waals surface area contributed by atoms with Crippen molar-refractivity contribution in [3.63, 3.8) is 0 Å². The number of ketones is 1. The fourth-order valence-corrected chi connectivity index (χ4v) is 1.15. The Hall–Kier alpha value is -0.170. The number of halogens is 1. The summed E-state index contributed by atoms with van der Waals surface area (Å²) in [6.07, 6.45) is -0.552. The van der Waals surface area contributed by atoms with Crippen LogP contribution in [0.1, 0.15) is 13.8 Å². The summed E-state index contributed by atoms with van der Waals surface area (Å²) >= 11 is 2.03. The van der Waals surface area contributed by atoms with E-state index in [9.17, 15) is 14.7 Å². The van der Waals surface area contributed by atoms with E-state index in [2.05, 4.69) is 0 Å². The topological polar surface area (TPSA) is 57.6 Å². The molecular formula is C8H14INO3. The van der Waals surface area contributed by atoms with Gasteiger partial charge in [-0.1, -0.05) is 22.6 Å². The number of hydrogen-bond donors (Lipinski definition) is 1. The highest BCUT2D eigenvalue weighted by atomic mass is 127. The zero-order valence-corrected chi connectivity index (χ0v) is 9.95. The van der Waals surface area contributed by atoms with Crippen LogP contribution in [0.4, 0.5) is 0 Å². The molecule has 0 saturated carbocycles. The highest BCUT2D eigenvalue weighted by molar-refractivity contribution is 14.1. The lowest BCUT2D eigenvalue weighted by Gasteiger charge is -2.21. The van der Waals surface area contributed by atoms with E-state index in [-0.39, 0.29) is 24.8 Å². The van der Waals surface area contributed by atoms with Gasteiger partial charge < -0.3 is 10.0 Å². The van der Waals surface area contributed by atoms with Crippen LogP contribution in [0.3, 0.4) is 0 Å². The van der Waals surface area contributed by atoms with Crippen molar-refractivity contribution in [1.82, 2.24) is 4.90 Å². The SMILES string of the molecule is CC(=O)CN(C[C@H](O)CI)C(C)=O. The summed E-state index contributed by atoms with van der Waals surface area (Å²) in [6, 6.07) is 0. The zero-order chi connectivity index (χ0) is 10.4. The maximum Gasteiger partial charge on any atom is 0.219 e. The minimum absolute atomic E-state index is 0.0733. The van der Waals surface area contributed by atoms with Gasteiger partial charge in [0.1, 0.15) is 5.78 Å². The lowest BCUT2D eigenvalue weighted by atomic mass is 10.3. The Morgan fingerprint density at radius 1 is 1.46 bits per heavy atom. The maximum absolute atomic E-state index is 11.0. The van der Waals surface area contributed by atoms with Crippen LogP contribution in [0.15, 0.2) is 0 Å². The van der Waals surface area contributed by atoms with Gasteiger partial charge >= 0.3 is 0 Å². The largest absolute Gasteiger partial charge is 0.390 e. The second kappa shape index (κ2) is 6.31. The van der Waals surface area contributed by atoms with Gasteiger partial charge in [-0.25, -0.2) is 0 Å². The fraction of sp³-hybridized carbons (Fsp3) is 0.750. The molecule has 76 valence electrons. The minimum Gasteiger partial charge on any atom is -0.390 e. The lowest BCUT2D eigenvalue weighted by Crippen LogP contribution is -2.39. The van der Waals surface area contributed by atoms with Gasteiger partial charge in [0, 0.05) is 17.9 Å². The summed E-state index contributed by atoms with van der Waals surface area (Å²) < 4.78 is 0.555. The first-order valence-electron chi connectivity index (χ1n) is 3.96. The highest BCUT2D eigenvalue weighted by Crippen LogP contribution is 1.97. The molecule has 0 bridgehead atoms. The average molecular weight is 299 g/mol. The molecule has 0 radical (unpaired) electrons. The van der Waals surface area contributed by atoms with Crippen LogP contribution in [-0.2, 0) is 9.59 Å². The van der Waals surface area contributed by atoms with E-state index in [0.29, 0.717) is 4.43 Å². The molecule has 0 spiro atoms. The lowest BCUT2D eigenvalue weighted by molar-refractivity contribution is -0.134. The number of aliphatic hydroxyl groups is 1. The Bertz CT molecular complexity index is 196. The first-order chi connectivity index (χ1) is 5.97. The molecule has 0 unspecified atom stereocenters. The predicted octanol–water partition coefficient (Wildman–Crippen LogP) is 0.220. The van der Waals surface area contributed by atoms with Gasteiger partial charge in [-0.2, -0.15) is 0 Å². The molecule has 4 nitrogen and oxygen atoms in total. The van der Waals surface area contributed by atoms with Gasteiger partial charge in [0.2, 0.25) is 5.91 Å². The third-order valence-corrected chi connectivity index (χ3v) is 2.48. The van der Waals surface area contributed by atoms with E-state index in [0.717, 1.165) is 0 Å². The third-order valence-electron chi connectivity index (χ3n) is 1.47. The first kappa shape index (κ1) is 12.8. The van der Waals surface area contributed by atoms with E-state index in [1.807, 2.05) is 22.6 Å². The number of carbonyl (C=O) groups excluding carboxylic acids is 2. The standard InChI is InChI=1S/C8H14INO3/c1-6(11)4-10(7(2)12)5-8(13)3-9/h8,13H,3-5H2,1-2H3/t8-/m1/s1. The average Bonchev–Trinajstić information content (AvgIpc) is 2.02. The number of Topliss-reactive ketones (excluding diaryl/α,β-unsaturated/α-hetero) is 1. The smallest absolute Gasteiger partial charge is 0.219 e. The van der Waals surface area contributed by atoms with Crippen molar-refractivity contribution in [3.05, 3.63) is 0 Å². The molecule has 0 rings (SSSR count). The summed E-state index contributed by atoms with van der Waals surface area (Å²) in [5, 5.41) is 9.28. The molecule has 0 saturated heterocycles. The second-order valence-electron chi connectivity index (χ2n) is 2.91. The predicted molar refractivity (Wildman–Crippen MR) is 57.8 cm³/mol. The molecule has 1 atom stereocenters. The molecule has 0 aliphatic carbocycles. The number of nitrogens with zero attached hydrogens (tertiary/aromatic N) is 1. The minimum atomic E-state index is -0.552. The molecule has 1 amide bonds. The van der Waals surface area contributed by atoms with Crippen molar-refractivity contribution < 1.29 is 14.7 Å². The molecule has 13 heavy (non-hydrogen) atoms. The number of hydrogen-bond acceptors (Lipinski definition) is 3. The summed E-state index contributed by atoms with van der Waals surface area (Å²) in [5.74, 6) is -0.255. The van der Waals surface area contributed by atoms with E-state index >= 15 is 0 Å². The molecular weight excluding hydrogens is 285 g/mol. The van der Waals surface area contributed by atoms with Gasteiger partial charge in [0.25, 0.3) is 0 Å². The second-order valence-corrected chi connectivity index (χ2v) is 3.79. The van der Waals surface area contributed by atoms with Gasteiger partial charge in [0.15, 0.2) is 0 Å². The Kier molecular flexibility index (Phi) is 6.23. The first-order valence-corrected chi connectivity index (χ1v) is 5.49. The van der Waals surface area contributed by atoms with Crippen molar-refractivity contribution in [3.8, 4) is 0 Å². The highest BCUT2D eigenvalue weighted by Gasteiger charge is 2.14. The molecule has 0 aromatic rings. The Morgan fingerprint density at radius 3 is 2.31 bits per heavy atom. The molecule has 0 aromatic carbocycles. The summed E-state index contributed by atoms with van der Waals surface area (Å²) in [4.78, 5) is 23.1. The Balaban J connectivity index is 4.10. The summed E-state index contributed by atoms with van der Waals surface area (Å²) in [7, 11) is 0. The molecule has 0 aliphatic rings. The van der Waals surface area contributed by atoms with E-state index in [1.165, 1.54) is 18.7 Å². The molecule has 5 heteroatoms. The number of rotatable bonds is 5. The summed E-state index contributed by atoms with van der Waals surface area (Å²) in [5.41, 5.74) is 0. The Labute approximate surface area is 91.4 Å². The van der Waals surface area contributed by atoms with Crippen molar-refractivity contribution in [2.75, 3.05) is 17.5 Å². The maximum atomic E-state index is 11.0.